The van der Waals surface area contributed by atoms with E-state index < -0.39 is 10.4 Å². The Morgan fingerprint density at radius 1 is 1.11 bits per heavy atom. The van der Waals surface area contributed by atoms with Gasteiger partial charge in [-0.3, -0.25) is 8.42 Å². The van der Waals surface area contributed by atoms with Crippen molar-refractivity contribution in [2.24, 2.45) is 0 Å². The second kappa shape index (κ2) is 11.9. The summed E-state index contributed by atoms with van der Waals surface area (Å²) in [6.07, 6.45) is 0. The molecule has 0 aliphatic rings. The molecule has 0 aliphatic carbocycles. The summed E-state index contributed by atoms with van der Waals surface area (Å²) in [4.78, 5) is 0. The van der Waals surface area contributed by atoms with E-state index in [1.807, 2.05) is 0 Å². The molecule has 0 amide bonds. The molecule has 0 aromatic carbocycles. The Kier molecular flexibility index (Phi) is 42.3. The Morgan fingerprint density at radius 3 is 1.11 bits per heavy atom. The largest absolute Gasteiger partial charge is 3.00 e. The SMILES string of the molecule is O=S(=O)([O-])[O-].[Al+3].[Cl-].[Cu+2].[OH-]. The van der Waals surface area contributed by atoms with E-state index in [9.17, 15) is 0 Å². The van der Waals surface area contributed by atoms with Crippen molar-refractivity contribution in [3.8, 4) is 0 Å². The topological polar surface area (TPSA) is 110 Å². The number of hydrogen-bond donors (Lipinski definition) is 0. The summed E-state index contributed by atoms with van der Waals surface area (Å²) < 4.78 is 34.1. The fourth-order valence-corrected chi connectivity index (χ4v) is 0. The van der Waals surface area contributed by atoms with Gasteiger partial charge in [-0.25, -0.2) is 0 Å². The fraction of sp³-hybridized carbons (Fsp3) is 0. The first-order valence-corrected chi connectivity index (χ1v) is 2.00. The first-order valence-electron chi connectivity index (χ1n) is 0.667. The van der Waals surface area contributed by atoms with E-state index in [-0.39, 0.29) is 52.3 Å². The van der Waals surface area contributed by atoms with E-state index >= 15 is 0 Å². The maximum absolute atomic E-state index is 8.52. The third-order valence-electron chi connectivity index (χ3n) is 0. The van der Waals surface area contributed by atoms with Gasteiger partial charge in [0.05, 0.1) is 0 Å². The zero-order valence-corrected chi connectivity index (χ0v) is 7.41. The van der Waals surface area contributed by atoms with Crippen LogP contribution in [0.1, 0.15) is 0 Å². The maximum Gasteiger partial charge on any atom is 3.00 e. The van der Waals surface area contributed by atoms with E-state index in [1.54, 1.807) is 0 Å². The molecule has 1 radical (unpaired) electrons. The Balaban J connectivity index is -0.0000000133. The van der Waals surface area contributed by atoms with Crippen LogP contribution in [0.5, 0.6) is 0 Å². The summed E-state index contributed by atoms with van der Waals surface area (Å²) >= 11 is 0. The molecule has 0 fully saturated rings. The molecule has 0 rings (SSSR count). The second-order valence-electron chi connectivity index (χ2n) is 0.408. The fourth-order valence-electron chi connectivity index (χ4n) is 0. The van der Waals surface area contributed by atoms with Crippen LogP contribution in [0.3, 0.4) is 0 Å². The third-order valence-corrected chi connectivity index (χ3v) is 0. The minimum Gasteiger partial charge on any atom is -1.00 e. The molecule has 0 saturated carbocycles. The van der Waals surface area contributed by atoms with Gasteiger partial charge in [0.25, 0.3) is 0 Å². The molecule has 0 spiro atoms. The van der Waals surface area contributed by atoms with Crippen molar-refractivity contribution in [1.29, 1.82) is 0 Å². The standard InChI is InChI=1S/Al.ClH.Cu.H2O4S.H2O/c;;;1-5(2,3)4;/h;1H;;(H2,1,2,3,4);1H2/q+3;;+2;;/p-4. The summed E-state index contributed by atoms with van der Waals surface area (Å²) in [5.41, 5.74) is 0. The summed E-state index contributed by atoms with van der Waals surface area (Å²) in [6, 6.07) is 0. The molecule has 0 bridgehead atoms. The number of halogens is 1. The normalized spacial score (nSPS) is 6.44. The van der Waals surface area contributed by atoms with E-state index in [4.69, 9.17) is 17.5 Å². The van der Waals surface area contributed by atoms with Crippen LogP contribution in [0.4, 0.5) is 0 Å². The first-order chi connectivity index (χ1) is 2.00. The second-order valence-corrected chi connectivity index (χ2v) is 1.22. The van der Waals surface area contributed by atoms with Crippen LogP contribution in [0.25, 0.3) is 0 Å². The average molecular weight is 239 g/mol. The van der Waals surface area contributed by atoms with Crippen molar-refractivity contribution < 1.29 is 52.5 Å². The summed E-state index contributed by atoms with van der Waals surface area (Å²) in [7, 11) is -5.17. The van der Waals surface area contributed by atoms with Crippen molar-refractivity contribution in [2.45, 2.75) is 0 Å². The molecule has 9 heavy (non-hydrogen) atoms. The molecular weight excluding hydrogens is 238 g/mol. The molecule has 1 N–H and O–H groups in total. The van der Waals surface area contributed by atoms with Gasteiger partial charge in [0.2, 0.25) is 0 Å². The van der Waals surface area contributed by atoms with Crippen molar-refractivity contribution in [3.05, 3.63) is 0 Å². The van der Waals surface area contributed by atoms with Crippen molar-refractivity contribution >= 4 is 27.8 Å². The third kappa shape index (κ3) is 343. The summed E-state index contributed by atoms with van der Waals surface area (Å²) in [5, 5.41) is 0. The minimum absolute atomic E-state index is 0. The van der Waals surface area contributed by atoms with Crippen molar-refractivity contribution in [1.82, 2.24) is 0 Å². The Bertz CT molecular complexity index is 100. The molecule has 5 nitrogen and oxygen atoms in total. The van der Waals surface area contributed by atoms with Crippen molar-refractivity contribution in [2.75, 3.05) is 0 Å². The van der Waals surface area contributed by atoms with Crippen LogP contribution in [0, 0.1) is 0 Å². The minimum atomic E-state index is -5.17. The molecule has 0 atom stereocenters. The monoisotopic (exact) mass is 238 g/mol. The smallest absolute Gasteiger partial charge is 1.00 e. The number of rotatable bonds is 0. The summed E-state index contributed by atoms with van der Waals surface area (Å²) in [6.45, 7) is 0. The average Bonchev–Trinajstić information content (AvgIpc) is 0.722. The maximum atomic E-state index is 8.52. The van der Waals surface area contributed by atoms with Crippen LogP contribution in [-0.4, -0.2) is 40.4 Å². The first kappa shape index (κ1) is 32.0. The van der Waals surface area contributed by atoms with Gasteiger partial charge in [0.15, 0.2) is 0 Å². The van der Waals surface area contributed by atoms with E-state index in [1.165, 1.54) is 0 Å². The molecule has 0 aromatic heterocycles. The Labute approximate surface area is 80.1 Å². The van der Waals surface area contributed by atoms with E-state index in [0.29, 0.717) is 0 Å². The zero-order chi connectivity index (χ0) is 4.50. The van der Waals surface area contributed by atoms with Gasteiger partial charge in [0, 0.05) is 10.4 Å². The number of hydrogen-bond acceptors (Lipinski definition) is 5. The van der Waals surface area contributed by atoms with Crippen LogP contribution < -0.4 is 12.4 Å². The molecule has 0 aliphatic heterocycles. The molecule has 0 heterocycles. The van der Waals surface area contributed by atoms with Gasteiger partial charge in [-0.05, 0) is 0 Å². The quantitative estimate of drug-likeness (QED) is 0.239. The predicted octanol–water partition coefficient (Wildman–Crippen LogP) is -4.89. The van der Waals surface area contributed by atoms with Crippen LogP contribution in [0.2, 0.25) is 0 Å². The Morgan fingerprint density at radius 2 is 1.11 bits per heavy atom. The van der Waals surface area contributed by atoms with Crippen LogP contribution in [-0.2, 0) is 27.5 Å². The van der Waals surface area contributed by atoms with E-state index in [2.05, 4.69) is 0 Å². The van der Waals surface area contributed by atoms with Gasteiger partial charge < -0.3 is 27.0 Å². The van der Waals surface area contributed by atoms with Gasteiger partial charge in [-0.1, -0.05) is 0 Å². The zero-order valence-electron chi connectivity index (χ0n) is 3.75. The molecule has 0 unspecified atom stereocenters. The van der Waals surface area contributed by atoms with Gasteiger partial charge >= 0.3 is 34.4 Å². The van der Waals surface area contributed by atoms with Gasteiger partial charge in [-0.2, -0.15) is 0 Å². The van der Waals surface area contributed by atoms with Gasteiger partial charge in [0.1, 0.15) is 0 Å². The molecule has 0 aromatic rings. The van der Waals surface area contributed by atoms with Crippen LogP contribution >= 0.6 is 0 Å². The van der Waals surface area contributed by atoms with Crippen LogP contribution in [0.15, 0.2) is 0 Å². The predicted molar refractivity (Wildman–Crippen MR) is 18.2 cm³/mol. The van der Waals surface area contributed by atoms with E-state index in [0.717, 1.165) is 0 Å². The Hall–Kier alpha value is 1.17. The molecular formula is HAlClCuO5S+. The van der Waals surface area contributed by atoms with Crippen molar-refractivity contribution in [3.63, 3.8) is 0 Å². The molecule has 57 valence electrons. The molecule has 0 saturated heterocycles. The summed E-state index contributed by atoms with van der Waals surface area (Å²) in [5.74, 6) is 0. The van der Waals surface area contributed by atoms with Gasteiger partial charge in [-0.15, -0.1) is 0 Å². The molecule has 9 heteroatoms.